The fourth-order valence-electron chi connectivity index (χ4n) is 2.50. The molecular formula is C22H21NO2. The van der Waals surface area contributed by atoms with Gasteiger partial charge in [-0.25, -0.2) is 0 Å². The maximum Gasteiger partial charge on any atom is 0.185 e. The maximum absolute atomic E-state index is 12.3. The average molecular weight is 331 g/mol. The van der Waals surface area contributed by atoms with Crippen LogP contribution in [0.3, 0.4) is 0 Å². The normalized spacial score (nSPS) is 11.2. The quantitative estimate of drug-likeness (QED) is 0.461. The van der Waals surface area contributed by atoms with Crippen LogP contribution in [-0.2, 0) is 0 Å². The summed E-state index contributed by atoms with van der Waals surface area (Å²) in [5.41, 5.74) is 2.67. The van der Waals surface area contributed by atoms with E-state index < -0.39 is 0 Å². The van der Waals surface area contributed by atoms with Crippen LogP contribution < -0.4 is 4.74 Å². The number of ether oxygens (including phenoxy) is 1. The average Bonchev–Trinajstić information content (AvgIpc) is 3.15. The second-order valence-corrected chi connectivity index (χ2v) is 6.07. The van der Waals surface area contributed by atoms with Gasteiger partial charge in [0.15, 0.2) is 5.78 Å². The Bertz CT molecular complexity index is 842. The molecule has 0 aliphatic heterocycles. The van der Waals surface area contributed by atoms with Gasteiger partial charge in [-0.05, 0) is 74.0 Å². The first-order chi connectivity index (χ1) is 12.1. The Morgan fingerprint density at radius 3 is 2.20 bits per heavy atom. The van der Waals surface area contributed by atoms with E-state index in [2.05, 4.69) is 0 Å². The number of rotatable bonds is 6. The van der Waals surface area contributed by atoms with Crippen molar-refractivity contribution in [1.29, 1.82) is 0 Å². The third-order valence-corrected chi connectivity index (χ3v) is 3.73. The first kappa shape index (κ1) is 16.8. The first-order valence-electron chi connectivity index (χ1n) is 8.34. The van der Waals surface area contributed by atoms with Crippen LogP contribution in [0.5, 0.6) is 5.75 Å². The molecule has 126 valence electrons. The zero-order valence-electron chi connectivity index (χ0n) is 14.4. The van der Waals surface area contributed by atoms with Crippen molar-refractivity contribution in [2.45, 2.75) is 20.0 Å². The van der Waals surface area contributed by atoms with Gasteiger partial charge in [0.05, 0.1) is 6.10 Å². The Hall–Kier alpha value is -3.07. The molecule has 0 aliphatic carbocycles. The van der Waals surface area contributed by atoms with Crippen molar-refractivity contribution in [3.8, 4) is 11.4 Å². The summed E-state index contributed by atoms with van der Waals surface area (Å²) in [5.74, 6) is 0.820. The molecule has 1 aromatic heterocycles. The summed E-state index contributed by atoms with van der Waals surface area (Å²) in [7, 11) is 0. The number of aromatic nitrogens is 1. The molecule has 3 nitrogen and oxygen atoms in total. The van der Waals surface area contributed by atoms with Gasteiger partial charge in [0.2, 0.25) is 0 Å². The summed E-state index contributed by atoms with van der Waals surface area (Å²) < 4.78 is 7.62. The summed E-state index contributed by atoms with van der Waals surface area (Å²) in [5, 5.41) is 0. The minimum Gasteiger partial charge on any atom is -0.491 e. The highest BCUT2D eigenvalue weighted by Crippen LogP contribution is 2.15. The Kier molecular flexibility index (Phi) is 5.14. The number of carbonyl (C=O) groups excluding carboxylic acids is 1. The van der Waals surface area contributed by atoms with E-state index in [9.17, 15) is 4.79 Å². The van der Waals surface area contributed by atoms with E-state index in [1.807, 2.05) is 97.5 Å². The number of allylic oxidation sites excluding steroid dienone is 1. The molecule has 0 aliphatic rings. The predicted octanol–water partition coefficient (Wildman–Crippen LogP) is 5.16. The van der Waals surface area contributed by atoms with E-state index in [-0.39, 0.29) is 11.9 Å². The van der Waals surface area contributed by atoms with Crippen LogP contribution in [0.25, 0.3) is 11.8 Å². The molecule has 25 heavy (non-hydrogen) atoms. The van der Waals surface area contributed by atoms with Crippen molar-refractivity contribution in [1.82, 2.24) is 4.57 Å². The lowest BCUT2D eigenvalue weighted by molar-refractivity contribution is 0.104. The molecule has 0 spiro atoms. The molecule has 0 radical (unpaired) electrons. The molecule has 0 atom stereocenters. The molecule has 1 heterocycles. The highest BCUT2D eigenvalue weighted by atomic mass is 16.5. The fourth-order valence-corrected chi connectivity index (χ4v) is 2.50. The third-order valence-electron chi connectivity index (χ3n) is 3.73. The third kappa shape index (κ3) is 4.48. The van der Waals surface area contributed by atoms with Crippen molar-refractivity contribution in [2.24, 2.45) is 0 Å². The Balaban J connectivity index is 1.66. The fraction of sp³-hybridized carbons (Fsp3) is 0.136. The van der Waals surface area contributed by atoms with Crippen molar-refractivity contribution in [3.05, 3.63) is 90.3 Å². The molecule has 0 unspecified atom stereocenters. The lowest BCUT2D eigenvalue weighted by Crippen LogP contribution is -2.05. The predicted molar refractivity (Wildman–Crippen MR) is 101 cm³/mol. The number of hydrogen-bond donors (Lipinski definition) is 0. The van der Waals surface area contributed by atoms with Crippen molar-refractivity contribution < 1.29 is 9.53 Å². The highest BCUT2D eigenvalue weighted by molar-refractivity contribution is 6.06. The lowest BCUT2D eigenvalue weighted by atomic mass is 10.1. The minimum atomic E-state index is -0.0124. The zero-order chi connectivity index (χ0) is 17.6. The second-order valence-electron chi connectivity index (χ2n) is 6.07. The van der Waals surface area contributed by atoms with E-state index in [0.29, 0.717) is 5.56 Å². The van der Waals surface area contributed by atoms with Gasteiger partial charge in [0, 0.05) is 23.6 Å². The van der Waals surface area contributed by atoms with E-state index in [1.54, 1.807) is 6.08 Å². The van der Waals surface area contributed by atoms with Gasteiger partial charge in [-0.1, -0.05) is 18.2 Å². The molecule has 0 bridgehead atoms. The molecule has 3 rings (SSSR count). The SMILES string of the molecule is CC(C)Oc1ccc(/C=C/C(=O)c2ccc(-n3cccc3)cc2)cc1. The van der Waals surface area contributed by atoms with Gasteiger partial charge in [0.25, 0.3) is 0 Å². The molecular weight excluding hydrogens is 310 g/mol. The van der Waals surface area contributed by atoms with Crippen molar-refractivity contribution in [3.63, 3.8) is 0 Å². The topological polar surface area (TPSA) is 31.2 Å². The van der Waals surface area contributed by atoms with Crippen LogP contribution in [0, 0.1) is 0 Å². The molecule has 2 aromatic carbocycles. The number of benzene rings is 2. The smallest absolute Gasteiger partial charge is 0.185 e. The Morgan fingerprint density at radius 1 is 0.960 bits per heavy atom. The molecule has 0 amide bonds. The van der Waals surface area contributed by atoms with Crippen LogP contribution in [0.4, 0.5) is 0 Å². The van der Waals surface area contributed by atoms with E-state index >= 15 is 0 Å². The van der Waals surface area contributed by atoms with E-state index in [1.165, 1.54) is 0 Å². The molecule has 0 saturated heterocycles. The van der Waals surface area contributed by atoms with Crippen molar-refractivity contribution in [2.75, 3.05) is 0 Å². The number of nitrogens with zero attached hydrogens (tertiary/aromatic N) is 1. The molecule has 3 aromatic rings. The van der Waals surface area contributed by atoms with Crippen LogP contribution in [0.1, 0.15) is 29.8 Å². The highest BCUT2D eigenvalue weighted by Gasteiger charge is 2.03. The Labute approximate surface area is 148 Å². The number of hydrogen-bond acceptors (Lipinski definition) is 2. The van der Waals surface area contributed by atoms with Crippen LogP contribution in [0.2, 0.25) is 0 Å². The molecule has 0 saturated carbocycles. The molecule has 3 heteroatoms. The standard InChI is InChI=1S/C22H21NO2/c1-17(2)25-21-12-5-18(6-13-21)7-14-22(24)19-8-10-20(11-9-19)23-15-3-4-16-23/h3-17H,1-2H3/b14-7+. The maximum atomic E-state index is 12.3. The first-order valence-corrected chi connectivity index (χ1v) is 8.34. The van der Waals surface area contributed by atoms with Gasteiger partial charge in [-0.15, -0.1) is 0 Å². The zero-order valence-corrected chi connectivity index (χ0v) is 14.4. The summed E-state index contributed by atoms with van der Waals surface area (Å²) in [6.07, 6.45) is 7.52. The second kappa shape index (κ2) is 7.67. The molecule has 0 fully saturated rings. The largest absolute Gasteiger partial charge is 0.491 e. The minimum absolute atomic E-state index is 0.0124. The summed E-state index contributed by atoms with van der Waals surface area (Å²) >= 11 is 0. The Morgan fingerprint density at radius 2 is 1.60 bits per heavy atom. The number of carbonyl (C=O) groups is 1. The summed E-state index contributed by atoms with van der Waals surface area (Å²) in [6, 6.07) is 19.2. The van der Waals surface area contributed by atoms with E-state index in [4.69, 9.17) is 4.74 Å². The molecule has 0 N–H and O–H groups in total. The van der Waals surface area contributed by atoms with Gasteiger partial charge >= 0.3 is 0 Å². The van der Waals surface area contributed by atoms with E-state index in [0.717, 1.165) is 17.0 Å². The van der Waals surface area contributed by atoms with Gasteiger partial charge in [-0.3, -0.25) is 4.79 Å². The van der Waals surface area contributed by atoms with Crippen LogP contribution in [-0.4, -0.2) is 16.5 Å². The van der Waals surface area contributed by atoms with Gasteiger partial charge in [0.1, 0.15) is 5.75 Å². The summed E-state index contributed by atoms with van der Waals surface area (Å²) in [6.45, 7) is 3.99. The van der Waals surface area contributed by atoms with Gasteiger partial charge in [-0.2, -0.15) is 0 Å². The lowest BCUT2D eigenvalue weighted by Gasteiger charge is -2.09. The number of ketones is 1. The van der Waals surface area contributed by atoms with Gasteiger partial charge < -0.3 is 9.30 Å². The van der Waals surface area contributed by atoms with Crippen molar-refractivity contribution >= 4 is 11.9 Å². The summed E-state index contributed by atoms with van der Waals surface area (Å²) in [4.78, 5) is 12.3. The van der Waals surface area contributed by atoms with Crippen LogP contribution >= 0.6 is 0 Å². The monoisotopic (exact) mass is 331 g/mol. The van der Waals surface area contributed by atoms with Crippen LogP contribution in [0.15, 0.2) is 79.1 Å².